The Hall–Kier alpha value is 7.84. The van der Waals surface area contributed by atoms with Gasteiger partial charge in [0.2, 0.25) is 0 Å². The molecule has 24 heterocycles. The zero-order chi connectivity index (χ0) is 88.2. The van der Waals surface area contributed by atoms with Gasteiger partial charge in [0.15, 0.2) is 0 Å². The molecule has 0 saturated carbocycles. The lowest BCUT2D eigenvalue weighted by Gasteiger charge is -2.10. The van der Waals surface area contributed by atoms with Crippen molar-refractivity contribution in [2.75, 3.05) is 299 Å². The Balaban J connectivity index is 0.000000119. The maximum atomic E-state index is 5.65. The molecule has 0 radical (unpaired) electrons. The van der Waals surface area contributed by atoms with Crippen LogP contribution < -0.4 is 0 Å². The van der Waals surface area contributed by atoms with Crippen molar-refractivity contribution in [2.24, 2.45) is 0 Å². The fraction of sp³-hybridized carbons (Fsp3) is 1.00. The number of epoxide rings is 1. The van der Waals surface area contributed by atoms with E-state index in [-0.39, 0.29) is 0 Å². The zero-order valence-electron chi connectivity index (χ0n) is 76.8. The summed E-state index contributed by atoms with van der Waals surface area (Å²) in [5, 5.41) is 19.9. The molecule has 0 aliphatic carbocycles. The van der Waals surface area contributed by atoms with E-state index < -0.39 is 0 Å². The lowest BCUT2D eigenvalue weighted by molar-refractivity contribution is 0.0540. The minimum Gasteiger partial charge on any atom is -0.381 e. The van der Waals surface area contributed by atoms with E-state index in [1.54, 1.807) is 0 Å². The fourth-order valence-electron chi connectivity index (χ4n) is 10.6. The van der Waals surface area contributed by atoms with Crippen molar-refractivity contribution in [1.29, 1.82) is 0 Å². The van der Waals surface area contributed by atoms with Crippen molar-refractivity contribution >= 4 is 282 Å². The molecule has 738 valence electrons. The van der Waals surface area contributed by atoms with Gasteiger partial charge in [-0.1, -0.05) is 27.7 Å². The summed E-state index contributed by atoms with van der Waals surface area (Å²) in [4.78, 5) is 0. The first-order valence-corrected chi connectivity index (χ1v) is 71.6. The Morgan fingerprint density at radius 1 is 0.244 bits per heavy atom. The molecule has 24 rings (SSSR count). The molecule has 0 aromatic carbocycles. The molecular weight excluding hydrogens is 2060 g/mol. The summed E-state index contributed by atoms with van der Waals surface area (Å²) in [5.74, 6) is 27.8. The van der Waals surface area contributed by atoms with Crippen LogP contribution in [-0.2, 0) is 66.3 Å². The normalized spacial score (nSPS) is 39.4. The number of hydrogen-bond donors (Lipinski definition) is 0. The maximum absolute atomic E-state index is 5.65. The van der Waals surface area contributed by atoms with E-state index in [4.69, 9.17) is 66.3 Å². The summed E-state index contributed by atoms with van der Waals surface area (Å²) in [6.07, 6.45) is 6.82. The quantitative estimate of drug-likeness (QED) is 0.0422. The molecule has 0 aromatic heterocycles. The Bertz CT molecular complexity index is 2710. The van der Waals surface area contributed by atoms with Crippen molar-refractivity contribution in [1.82, 2.24) is 0 Å². The summed E-state index contributed by atoms with van der Waals surface area (Å²) in [5.41, 5.74) is 0. The number of thioether (sulfide) groups is 24. The first-order chi connectivity index (χ1) is 61.9. The molecule has 24 aliphatic heterocycles. The van der Waals surface area contributed by atoms with Crippen molar-refractivity contribution in [3.63, 3.8) is 0 Å². The summed E-state index contributed by atoms with van der Waals surface area (Å²) in [6, 6.07) is 0. The molecule has 0 spiro atoms. The second kappa shape index (κ2) is 62.2. The third-order valence-corrected chi connectivity index (χ3v) is 49.0. The predicted molar refractivity (Wildman–Crippen MR) is 601 cm³/mol. The van der Waals surface area contributed by atoms with Crippen molar-refractivity contribution in [2.45, 2.75) is 233 Å². The van der Waals surface area contributed by atoms with Crippen LogP contribution in [0, 0.1) is 0 Å². The largest absolute Gasteiger partial charge is 0.381 e. The highest BCUT2D eigenvalue weighted by molar-refractivity contribution is 8.12. The van der Waals surface area contributed by atoms with E-state index in [0.717, 1.165) is 299 Å². The Morgan fingerprint density at radius 3 is 0.740 bits per heavy atom. The molecular formula is C89H154O14S24. The first-order valence-electron chi connectivity index (χ1n) is 47.0. The minimum atomic E-state index is 0.439. The number of ether oxygens (including phenoxy) is 14. The van der Waals surface area contributed by atoms with Crippen LogP contribution in [0.15, 0.2) is 0 Å². The van der Waals surface area contributed by atoms with Gasteiger partial charge in [-0.3, -0.25) is 0 Å². The summed E-state index contributed by atoms with van der Waals surface area (Å²) < 4.78 is 78.4. The average Bonchev–Trinajstić information content (AvgIpc) is 1.66. The summed E-state index contributed by atoms with van der Waals surface area (Å²) >= 11 is 48.6. The molecule has 28 unspecified atom stereocenters. The molecule has 127 heavy (non-hydrogen) atoms. The third kappa shape index (κ3) is 66.6. The highest BCUT2D eigenvalue weighted by Crippen LogP contribution is 2.50. The van der Waals surface area contributed by atoms with Crippen LogP contribution in [0.5, 0.6) is 0 Å². The minimum absolute atomic E-state index is 0.439. The van der Waals surface area contributed by atoms with Gasteiger partial charge in [-0.15, -0.1) is 0 Å². The lowest BCUT2D eigenvalue weighted by Crippen LogP contribution is -2.19. The topological polar surface area (TPSA) is 133 Å². The molecule has 28 atom stereocenters. The molecule has 24 saturated heterocycles. The monoisotopic (exact) mass is 2210 g/mol. The first kappa shape index (κ1) is 112. The van der Waals surface area contributed by atoms with Crippen LogP contribution in [0.3, 0.4) is 0 Å². The summed E-state index contributed by atoms with van der Waals surface area (Å²) in [6.45, 7) is 43.9. The van der Waals surface area contributed by atoms with Crippen LogP contribution >= 0.6 is 282 Å². The van der Waals surface area contributed by atoms with Gasteiger partial charge < -0.3 is 66.3 Å². The Labute approximate surface area is 870 Å². The lowest BCUT2D eigenvalue weighted by atomic mass is 10.2. The van der Waals surface area contributed by atoms with Crippen LogP contribution in [0.25, 0.3) is 0 Å². The van der Waals surface area contributed by atoms with Gasteiger partial charge in [-0.05, 0) is 59.8 Å². The van der Waals surface area contributed by atoms with Gasteiger partial charge in [-0.25, -0.2) is 0 Å². The van der Waals surface area contributed by atoms with E-state index in [0.29, 0.717) is 25.1 Å². The van der Waals surface area contributed by atoms with Gasteiger partial charge in [-0.2, -0.15) is 282 Å². The van der Waals surface area contributed by atoms with Crippen LogP contribution in [-0.4, -0.2) is 445 Å². The van der Waals surface area contributed by atoms with E-state index in [9.17, 15) is 0 Å². The smallest absolute Gasteiger partial charge is 0.104 e. The van der Waals surface area contributed by atoms with Gasteiger partial charge >= 0.3 is 0 Å². The van der Waals surface area contributed by atoms with Crippen molar-refractivity contribution < 1.29 is 66.3 Å². The number of rotatable bonds is 59. The SMILES string of the molecule is C(CC1CS1)OCC1CS1.C(CC1CS1)OCCC1CS1.C(COCC1CS1)OCC1CS1.C(CSCC1CS1)OCC1CS1.C(OCC1CS1)C1CO1.C(OCC1CS1)C1CS1.CC1(COCC2(C)CS2)CS1.CC1(COCC2CS2)CS1.CC1(COCCC2CS2)CS1.CC1SC1COCC1CS1.CC1SC1COCC1SC1C.CC1SC1COCCC1CS1. The van der Waals surface area contributed by atoms with E-state index in [2.05, 4.69) is 126 Å². The predicted octanol–water partition coefficient (Wildman–Crippen LogP) is 19.9. The second-order valence-corrected chi connectivity index (χ2v) is 70.9. The van der Waals surface area contributed by atoms with Crippen LogP contribution in [0.4, 0.5) is 0 Å². The molecule has 38 heteroatoms. The van der Waals surface area contributed by atoms with E-state index >= 15 is 0 Å². The highest BCUT2D eigenvalue weighted by Gasteiger charge is 2.45. The number of hydrogen-bond acceptors (Lipinski definition) is 38. The Morgan fingerprint density at radius 2 is 0.457 bits per heavy atom. The zero-order valence-corrected chi connectivity index (χ0v) is 96.4. The van der Waals surface area contributed by atoms with Gasteiger partial charge in [0.1, 0.15) is 6.10 Å². The molecule has 24 fully saturated rings. The van der Waals surface area contributed by atoms with Crippen molar-refractivity contribution in [3.8, 4) is 0 Å². The summed E-state index contributed by atoms with van der Waals surface area (Å²) in [7, 11) is 0. The molecule has 0 N–H and O–H groups in total. The van der Waals surface area contributed by atoms with Gasteiger partial charge in [0, 0.05) is 294 Å². The molecule has 0 aromatic rings. The standard InChI is InChI=1S/C8H14O2S2.C8H14OS3.5C8H14OS2.3C7H12OS2.C6H10O2S.C6H10OS2/c2*1(9-3-7-5-11-7)2-10-4-8-6-12-8;1-7(5-10-7)3-9-4-8(2)6-11-8;1-5-7(10-5)3-9-4-8-6(2)11-8;1-8(6-11-8)5-9-3-2-7-4-10-7;1-6-8(11-6)4-9-3-2-7-5-10-7;1(7-5-10-7)3-9-4-2-8-6-11-8;1-7(5-10-7)4-8-2-6-3-9-6;1-5-7(10-5)3-8-2-6-4-9-6;1(6-4-9-6)2-8-3-7-5-10-7;1(5-2-8-5)7-3-6-4-9-6;1(5-3-8-5)7-2-6-4-9-6/h2*7-8H,1-6H2;3-6H2,1-2H3;5-8H,3-4H2,1-2H3;7H,2-6H2,1H3;6-8H,2-5H2,1H3;7-8H,1-6H2;6H,2-5H2,1H3;5-7H,2-4H2,1H3;6-7H,1-5H2;2*5-6H,1-4H2. The van der Waals surface area contributed by atoms with E-state index in [1.165, 1.54) is 153 Å². The average molecular weight is 2220 g/mol. The molecule has 14 nitrogen and oxygen atoms in total. The van der Waals surface area contributed by atoms with Gasteiger partial charge in [0.25, 0.3) is 0 Å². The molecule has 0 amide bonds. The molecule has 24 aliphatic rings. The fourth-order valence-corrected chi connectivity index (χ4v) is 23.9. The van der Waals surface area contributed by atoms with E-state index in [1.807, 2.05) is 212 Å². The van der Waals surface area contributed by atoms with Crippen LogP contribution in [0.2, 0.25) is 0 Å². The van der Waals surface area contributed by atoms with Gasteiger partial charge in [0.05, 0.1) is 145 Å². The molecule has 0 bridgehead atoms. The highest BCUT2D eigenvalue weighted by atomic mass is 32.2. The Kier molecular flexibility index (Phi) is 54.9. The van der Waals surface area contributed by atoms with Crippen molar-refractivity contribution in [3.05, 3.63) is 0 Å². The van der Waals surface area contributed by atoms with Crippen LogP contribution in [0.1, 0.15) is 87.5 Å². The maximum Gasteiger partial charge on any atom is 0.104 e. The third-order valence-electron chi connectivity index (χ3n) is 22.1. The second-order valence-electron chi connectivity index (χ2n) is 37.0.